The molecule has 0 bridgehead atoms. The van der Waals surface area contributed by atoms with Crippen molar-refractivity contribution in [3.63, 3.8) is 0 Å². The maximum absolute atomic E-state index is 10.7. The van der Waals surface area contributed by atoms with Crippen LogP contribution in [0.5, 0.6) is 5.75 Å². The number of phenols is 1. The summed E-state index contributed by atoms with van der Waals surface area (Å²) in [6, 6.07) is 8.99. The second-order valence-electron chi connectivity index (χ2n) is 12.4. The maximum Gasteiger partial charge on any atom is 0.226 e. The van der Waals surface area contributed by atoms with Gasteiger partial charge < -0.3 is 15.1 Å². The predicted octanol–water partition coefficient (Wildman–Crippen LogP) is 4.24. The lowest BCUT2D eigenvalue weighted by Gasteiger charge is -2.60. The number of rotatable bonds is 5. The van der Waals surface area contributed by atoms with Crippen molar-refractivity contribution in [1.82, 2.24) is 14.9 Å². The van der Waals surface area contributed by atoms with Gasteiger partial charge in [-0.05, 0) is 92.5 Å². The number of aryl methyl sites for hydroxylation is 2. The average molecular weight is 491 g/mol. The van der Waals surface area contributed by atoms with Gasteiger partial charge in [0, 0.05) is 48.5 Å². The molecule has 1 aromatic carbocycles. The van der Waals surface area contributed by atoms with E-state index >= 15 is 0 Å². The molecule has 2 aliphatic heterocycles. The smallest absolute Gasteiger partial charge is 0.226 e. The fourth-order valence-electron chi connectivity index (χ4n) is 9.65. The van der Waals surface area contributed by atoms with Gasteiger partial charge in [-0.2, -0.15) is 0 Å². The van der Waals surface area contributed by atoms with E-state index in [-0.39, 0.29) is 17.4 Å². The second kappa shape index (κ2) is 8.42. The number of hydrogen-bond donors (Lipinski definition) is 2. The molecule has 3 heterocycles. The van der Waals surface area contributed by atoms with Crippen molar-refractivity contribution in [3.05, 3.63) is 46.8 Å². The molecular formula is C30H42N4O2. The zero-order valence-electron chi connectivity index (χ0n) is 22.5. The maximum atomic E-state index is 10.7. The van der Waals surface area contributed by atoms with Crippen LogP contribution in [-0.4, -0.2) is 63.4 Å². The lowest BCUT2D eigenvalue weighted by Crippen LogP contribution is -2.66. The van der Waals surface area contributed by atoms with Crippen molar-refractivity contribution in [3.8, 4) is 5.75 Å². The van der Waals surface area contributed by atoms with Gasteiger partial charge in [-0.1, -0.05) is 26.3 Å². The van der Waals surface area contributed by atoms with E-state index in [2.05, 4.69) is 62.6 Å². The molecule has 36 heavy (non-hydrogen) atoms. The molecule has 194 valence electrons. The first-order chi connectivity index (χ1) is 17.2. The summed E-state index contributed by atoms with van der Waals surface area (Å²) in [6.07, 6.45) is 4.48. The number of hydrogen-bond acceptors (Lipinski definition) is 6. The number of aliphatic hydroxyl groups excluding tert-OH is 1. The Labute approximate surface area is 215 Å². The summed E-state index contributed by atoms with van der Waals surface area (Å²) in [6.45, 7) is 14.3. The third kappa shape index (κ3) is 3.10. The Kier molecular flexibility index (Phi) is 5.65. The summed E-state index contributed by atoms with van der Waals surface area (Å²) in [5.74, 6) is 2.83. The molecule has 6 nitrogen and oxygen atoms in total. The molecule has 7 atom stereocenters. The fourth-order valence-corrected chi connectivity index (χ4v) is 9.65. The standard InChI is InChI=1S/C30H42N4O2/c1-6-7-26-27-22(16-34(26)28-31-18(2)12-19(3)32-28)15-29(5)20(4)33(10-11-35)17-23-13-21-8-9-24(36)14-25(21)30(23,27)29/h8-9,12,14,20,22-23,26-27,35-36H,6-7,10-11,13,15-17H2,1-5H3/t20?,22-,23?,26?,27?,29?,30?/m1/s1. The highest BCUT2D eigenvalue weighted by atomic mass is 16.3. The Morgan fingerprint density at radius 3 is 2.56 bits per heavy atom. The van der Waals surface area contributed by atoms with Crippen molar-refractivity contribution in [1.29, 1.82) is 0 Å². The van der Waals surface area contributed by atoms with Crippen LogP contribution < -0.4 is 4.90 Å². The van der Waals surface area contributed by atoms with Crippen LogP contribution in [0, 0.1) is 37.0 Å². The number of likely N-dealkylation sites (tertiary alicyclic amines) is 1. The Balaban J connectivity index is 1.54. The van der Waals surface area contributed by atoms with Gasteiger partial charge in [0.25, 0.3) is 0 Å². The van der Waals surface area contributed by atoms with Crippen LogP contribution in [-0.2, 0) is 11.8 Å². The van der Waals surface area contributed by atoms with E-state index in [1.165, 1.54) is 11.1 Å². The molecule has 0 radical (unpaired) electrons. The number of aromatic nitrogens is 2. The van der Waals surface area contributed by atoms with E-state index < -0.39 is 0 Å². The highest BCUT2D eigenvalue weighted by Gasteiger charge is 2.74. The Morgan fingerprint density at radius 1 is 1.11 bits per heavy atom. The fraction of sp³-hybridized carbons (Fsp3) is 0.667. The predicted molar refractivity (Wildman–Crippen MR) is 142 cm³/mol. The van der Waals surface area contributed by atoms with Crippen LogP contribution in [0.1, 0.15) is 62.5 Å². The van der Waals surface area contributed by atoms with Crippen LogP contribution in [0.25, 0.3) is 0 Å². The molecule has 4 aliphatic rings. The first-order valence-corrected chi connectivity index (χ1v) is 14.0. The zero-order chi connectivity index (χ0) is 25.4. The van der Waals surface area contributed by atoms with E-state index in [9.17, 15) is 10.2 Å². The van der Waals surface area contributed by atoms with Crippen molar-refractivity contribution < 1.29 is 10.2 Å². The SMILES string of the molecule is CCCC1C2[C@@H](CN1c1nc(C)cc(C)n1)CC1(C)C(C)N(CCO)CC3Cc4ccc(O)cc4C321. The monoisotopic (exact) mass is 490 g/mol. The molecule has 1 spiro atoms. The van der Waals surface area contributed by atoms with Gasteiger partial charge in [-0.25, -0.2) is 9.97 Å². The molecule has 1 saturated carbocycles. The summed E-state index contributed by atoms with van der Waals surface area (Å²) in [5.41, 5.74) is 4.97. The van der Waals surface area contributed by atoms with Gasteiger partial charge in [0.1, 0.15) is 5.75 Å². The van der Waals surface area contributed by atoms with Crippen molar-refractivity contribution >= 4 is 5.95 Å². The summed E-state index contributed by atoms with van der Waals surface area (Å²) < 4.78 is 0. The highest BCUT2D eigenvalue weighted by molar-refractivity contribution is 5.53. The number of benzene rings is 1. The number of aliphatic hydroxyl groups is 1. The number of piperidine rings is 1. The molecule has 2 aromatic rings. The first kappa shape index (κ1) is 24.2. The molecule has 0 amide bonds. The Morgan fingerprint density at radius 2 is 1.86 bits per heavy atom. The third-order valence-electron chi connectivity index (χ3n) is 10.7. The van der Waals surface area contributed by atoms with Gasteiger partial charge in [-0.15, -0.1) is 0 Å². The van der Waals surface area contributed by atoms with Gasteiger partial charge in [0.05, 0.1) is 6.61 Å². The van der Waals surface area contributed by atoms with Crippen LogP contribution in [0.3, 0.4) is 0 Å². The Bertz CT molecular complexity index is 1150. The summed E-state index contributed by atoms with van der Waals surface area (Å²) in [7, 11) is 0. The summed E-state index contributed by atoms with van der Waals surface area (Å²) >= 11 is 0. The molecule has 3 fully saturated rings. The highest BCUT2D eigenvalue weighted by Crippen LogP contribution is 2.73. The van der Waals surface area contributed by atoms with Crippen molar-refractivity contribution in [2.24, 2.45) is 23.2 Å². The molecule has 6 rings (SSSR count). The quantitative estimate of drug-likeness (QED) is 0.653. The van der Waals surface area contributed by atoms with E-state index in [0.29, 0.717) is 35.6 Å². The minimum Gasteiger partial charge on any atom is -0.508 e. The number of β-amino-alcohol motifs (C(OH)–C–C–N with tert-alkyl or cyclic N) is 1. The summed E-state index contributed by atoms with van der Waals surface area (Å²) in [5, 5.41) is 20.6. The third-order valence-corrected chi connectivity index (χ3v) is 10.7. The largest absolute Gasteiger partial charge is 0.508 e. The van der Waals surface area contributed by atoms with E-state index in [1.54, 1.807) is 0 Å². The van der Waals surface area contributed by atoms with Gasteiger partial charge in [0.15, 0.2) is 0 Å². The second-order valence-corrected chi connectivity index (χ2v) is 12.4. The number of nitrogens with zero attached hydrogens (tertiary/aromatic N) is 4. The average Bonchev–Trinajstić information content (AvgIpc) is 3.42. The van der Waals surface area contributed by atoms with Crippen molar-refractivity contribution in [2.45, 2.75) is 77.8 Å². The van der Waals surface area contributed by atoms with Crippen LogP contribution in [0.4, 0.5) is 5.95 Å². The molecule has 2 aliphatic carbocycles. The van der Waals surface area contributed by atoms with Gasteiger partial charge in [-0.3, -0.25) is 4.90 Å². The molecule has 2 N–H and O–H groups in total. The lowest BCUT2D eigenvalue weighted by atomic mass is 9.50. The van der Waals surface area contributed by atoms with Gasteiger partial charge >= 0.3 is 0 Å². The molecule has 1 aromatic heterocycles. The topological polar surface area (TPSA) is 72.7 Å². The molecule has 6 unspecified atom stereocenters. The summed E-state index contributed by atoms with van der Waals surface area (Å²) in [4.78, 5) is 15.0. The van der Waals surface area contributed by atoms with Crippen LogP contribution >= 0.6 is 0 Å². The van der Waals surface area contributed by atoms with Crippen LogP contribution in [0.2, 0.25) is 0 Å². The van der Waals surface area contributed by atoms with E-state index in [1.807, 2.05) is 6.07 Å². The minimum absolute atomic E-state index is 0.00453. The van der Waals surface area contributed by atoms with E-state index in [0.717, 1.165) is 62.7 Å². The van der Waals surface area contributed by atoms with Gasteiger partial charge in [0.2, 0.25) is 5.95 Å². The first-order valence-electron chi connectivity index (χ1n) is 14.0. The van der Waals surface area contributed by atoms with E-state index in [4.69, 9.17) is 9.97 Å². The van der Waals surface area contributed by atoms with Crippen molar-refractivity contribution in [2.75, 3.05) is 31.1 Å². The Hall–Kier alpha value is -2.18. The normalized spacial score (nSPS) is 37.1. The van der Waals surface area contributed by atoms with Crippen LogP contribution in [0.15, 0.2) is 24.3 Å². The number of fused-ring (bicyclic) bond motifs is 2. The number of anilines is 1. The molecule has 2 saturated heterocycles. The lowest BCUT2D eigenvalue weighted by molar-refractivity contribution is -0.0745. The zero-order valence-corrected chi connectivity index (χ0v) is 22.5. The molecular weight excluding hydrogens is 448 g/mol. The minimum atomic E-state index is 0.00453. The number of aromatic hydroxyl groups is 1. The molecule has 6 heteroatoms. The number of phenolic OH excluding ortho intramolecular Hbond substituents is 1.